The second-order valence-electron chi connectivity index (χ2n) is 6.21. The molecule has 12 heteroatoms. The van der Waals surface area contributed by atoms with Gasteiger partial charge in [-0.05, 0) is 37.3 Å². The van der Waals surface area contributed by atoms with Crippen molar-refractivity contribution in [2.75, 3.05) is 11.9 Å². The van der Waals surface area contributed by atoms with E-state index in [1.54, 1.807) is 6.07 Å². The van der Waals surface area contributed by atoms with Crippen molar-refractivity contribution in [2.45, 2.75) is 13.1 Å². The van der Waals surface area contributed by atoms with Gasteiger partial charge < -0.3 is 10.1 Å². The van der Waals surface area contributed by atoms with Crippen LogP contribution in [0.4, 0.5) is 18.9 Å². The second-order valence-corrected chi connectivity index (χ2v) is 7.05. The Morgan fingerprint density at radius 2 is 1.90 bits per heavy atom. The Labute approximate surface area is 183 Å². The zero-order chi connectivity index (χ0) is 22.8. The smallest absolute Gasteiger partial charge is 0.417 e. The van der Waals surface area contributed by atoms with Crippen molar-refractivity contribution in [3.8, 4) is 5.82 Å². The van der Waals surface area contributed by atoms with Gasteiger partial charge in [0.2, 0.25) is 0 Å². The summed E-state index contributed by atoms with van der Waals surface area (Å²) in [5.74, 6) is -1.41. The topological polar surface area (TPSA) is 86.1 Å². The molecule has 0 atom stereocenters. The molecule has 3 aromatic rings. The van der Waals surface area contributed by atoms with Gasteiger partial charge in [0.05, 0.1) is 28.2 Å². The van der Waals surface area contributed by atoms with E-state index >= 15 is 0 Å². The summed E-state index contributed by atoms with van der Waals surface area (Å²) in [4.78, 5) is 28.1. The Morgan fingerprint density at radius 1 is 1.16 bits per heavy atom. The predicted octanol–water partition coefficient (Wildman–Crippen LogP) is 4.70. The van der Waals surface area contributed by atoms with E-state index in [0.717, 1.165) is 12.1 Å². The molecule has 1 N–H and O–H groups in total. The summed E-state index contributed by atoms with van der Waals surface area (Å²) in [6.07, 6.45) is -2.68. The van der Waals surface area contributed by atoms with Crippen molar-refractivity contribution in [1.82, 2.24) is 14.8 Å². The van der Waals surface area contributed by atoms with Gasteiger partial charge in [0.25, 0.3) is 5.91 Å². The van der Waals surface area contributed by atoms with Gasteiger partial charge in [-0.25, -0.2) is 14.5 Å². The third-order valence-corrected chi connectivity index (χ3v) is 4.62. The molecule has 0 fully saturated rings. The number of carbonyl (C=O) groups is 2. The monoisotopic (exact) mass is 472 g/mol. The number of halogens is 5. The summed E-state index contributed by atoms with van der Waals surface area (Å²) in [5, 5.41) is 7.03. The van der Waals surface area contributed by atoms with Gasteiger partial charge >= 0.3 is 12.1 Å². The fraction of sp³-hybridized carbons (Fsp3) is 0.158. The molecule has 0 saturated heterocycles. The third kappa shape index (κ3) is 5.33. The van der Waals surface area contributed by atoms with E-state index in [2.05, 4.69) is 15.4 Å². The van der Waals surface area contributed by atoms with E-state index in [4.69, 9.17) is 27.9 Å². The predicted molar refractivity (Wildman–Crippen MR) is 106 cm³/mol. The molecule has 1 amide bonds. The lowest BCUT2D eigenvalue weighted by atomic mass is 10.2. The molecule has 31 heavy (non-hydrogen) atoms. The van der Waals surface area contributed by atoms with Crippen LogP contribution in [0, 0.1) is 6.92 Å². The van der Waals surface area contributed by atoms with E-state index < -0.39 is 30.2 Å². The summed E-state index contributed by atoms with van der Waals surface area (Å²) in [6.45, 7) is 0.902. The Morgan fingerprint density at radius 3 is 2.55 bits per heavy atom. The summed E-state index contributed by atoms with van der Waals surface area (Å²) in [6, 6.07) is 6.46. The lowest BCUT2D eigenvalue weighted by molar-refractivity contribution is -0.137. The van der Waals surface area contributed by atoms with E-state index in [1.807, 2.05) is 0 Å². The number of ether oxygens (including phenoxy) is 1. The van der Waals surface area contributed by atoms with Crippen LogP contribution < -0.4 is 5.32 Å². The number of hydrogen-bond donors (Lipinski definition) is 1. The van der Waals surface area contributed by atoms with Crippen LogP contribution in [0.25, 0.3) is 5.82 Å². The summed E-state index contributed by atoms with van der Waals surface area (Å²) >= 11 is 11.8. The van der Waals surface area contributed by atoms with Crippen molar-refractivity contribution in [3.63, 3.8) is 0 Å². The minimum Gasteiger partial charge on any atom is -0.452 e. The molecule has 0 aliphatic carbocycles. The van der Waals surface area contributed by atoms with Crippen LogP contribution in [-0.4, -0.2) is 33.2 Å². The first-order chi connectivity index (χ1) is 14.6. The number of amides is 1. The summed E-state index contributed by atoms with van der Waals surface area (Å²) < 4.78 is 44.2. The van der Waals surface area contributed by atoms with Crippen molar-refractivity contribution < 1.29 is 27.5 Å². The first-order valence-electron chi connectivity index (χ1n) is 8.56. The molecule has 2 heterocycles. The van der Waals surface area contributed by atoms with Crippen LogP contribution in [0.3, 0.4) is 0 Å². The number of aromatic nitrogens is 3. The molecular formula is C19H13Cl2F3N4O3. The zero-order valence-electron chi connectivity index (χ0n) is 15.7. The van der Waals surface area contributed by atoms with Gasteiger partial charge in [0.15, 0.2) is 12.4 Å². The largest absolute Gasteiger partial charge is 0.452 e. The molecule has 0 spiro atoms. The maximum atomic E-state index is 12.7. The summed E-state index contributed by atoms with van der Waals surface area (Å²) in [7, 11) is 0. The third-order valence-electron chi connectivity index (χ3n) is 4.06. The number of rotatable bonds is 5. The Hall–Kier alpha value is -3.11. The van der Waals surface area contributed by atoms with Gasteiger partial charge in [-0.15, -0.1) is 0 Å². The van der Waals surface area contributed by atoms with Crippen LogP contribution in [-0.2, 0) is 15.7 Å². The Bertz CT molecular complexity index is 1130. The van der Waals surface area contributed by atoms with Gasteiger partial charge in [-0.1, -0.05) is 23.2 Å². The highest BCUT2D eigenvalue weighted by atomic mass is 35.5. The maximum absolute atomic E-state index is 12.7. The number of carbonyl (C=O) groups excluding carboxylic acids is 2. The number of nitrogens with zero attached hydrogens (tertiary/aromatic N) is 3. The van der Waals surface area contributed by atoms with Crippen molar-refractivity contribution in [3.05, 3.63) is 69.6 Å². The average Bonchev–Trinajstić information content (AvgIpc) is 3.10. The molecule has 2 aromatic heterocycles. The second kappa shape index (κ2) is 8.94. The molecule has 162 valence electrons. The van der Waals surface area contributed by atoms with Gasteiger partial charge in [-0.2, -0.15) is 18.3 Å². The van der Waals surface area contributed by atoms with E-state index in [-0.39, 0.29) is 27.8 Å². The molecular weight excluding hydrogens is 460 g/mol. The molecule has 1 aromatic carbocycles. The minimum absolute atomic E-state index is 0.0234. The number of anilines is 1. The highest BCUT2D eigenvalue weighted by molar-refractivity contribution is 6.35. The number of hydrogen-bond acceptors (Lipinski definition) is 5. The molecule has 0 aliphatic heterocycles. The van der Waals surface area contributed by atoms with Crippen LogP contribution in [0.1, 0.15) is 21.6 Å². The molecule has 0 unspecified atom stereocenters. The van der Waals surface area contributed by atoms with Crippen LogP contribution in [0.5, 0.6) is 0 Å². The van der Waals surface area contributed by atoms with Crippen molar-refractivity contribution in [2.24, 2.45) is 0 Å². The van der Waals surface area contributed by atoms with E-state index in [1.165, 1.54) is 29.9 Å². The molecule has 0 bridgehead atoms. The fourth-order valence-electron chi connectivity index (χ4n) is 2.51. The van der Waals surface area contributed by atoms with E-state index in [9.17, 15) is 22.8 Å². The van der Waals surface area contributed by atoms with E-state index in [0.29, 0.717) is 11.2 Å². The Balaban J connectivity index is 1.66. The van der Waals surface area contributed by atoms with Gasteiger partial charge in [-0.3, -0.25) is 4.79 Å². The number of alkyl halides is 3. The lowest BCUT2D eigenvalue weighted by Crippen LogP contribution is -2.21. The van der Waals surface area contributed by atoms with Crippen molar-refractivity contribution in [1.29, 1.82) is 0 Å². The Kier molecular flexibility index (Phi) is 6.51. The lowest BCUT2D eigenvalue weighted by Gasteiger charge is -2.09. The van der Waals surface area contributed by atoms with Crippen molar-refractivity contribution >= 4 is 40.8 Å². The quantitative estimate of drug-likeness (QED) is 0.544. The standard InChI is InChI=1S/C19H13Cl2F3N4O3/c1-10-13(8-26-28(10)16-5-2-11(7-25-16)19(22,23)24)18(30)31-9-17(29)27-15-6-12(20)3-4-14(15)21/h2-8H,9H2,1H3,(H,27,29). The highest BCUT2D eigenvalue weighted by Gasteiger charge is 2.31. The number of benzene rings is 1. The normalized spacial score (nSPS) is 11.3. The molecule has 0 saturated carbocycles. The molecule has 0 aliphatic rings. The van der Waals surface area contributed by atoms with Crippen LogP contribution >= 0.6 is 23.2 Å². The molecule has 0 radical (unpaired) electrons. The number of nitrogens with one attached hydrogen (secondary N) is 1. The SMILES string of the molecule is Cc1c(C(=O)OCC(=O)Nc2cc(Cl)ccc2Cl)cnn1-c1ccc(C(F)(F)F)cn1. The van der Waals surface area contributed by atoms with Crippen LogP contribution in [0.15, 0.2) is 42.7 Å². The molecule has 3 rings (SSSR count). The van der Waals surface area contributed by atoms with Crippen LogP contribution in [0.2, 0.25) is 10.0 Å². The maximum Gasteiger partial charge on any atom is 0.417 e. The fourth-order valence-corrected chi connectivity index (χ4v) is 2.85. The minimum atomic E-state index is -4.52. The number of pyridine rings is 1. The number of esters is 1. The average molecular weight is 473 g/mol. The molecule has 7 nitrogen and oxygen atoms in total. The van der Waals surface area contributed by atoms with Gasteiger partial charge in [0, 0.05) is 11.2 Å². The zero-order valence-corrected chi connectivity index (χ0v) is 17.2. The first-order valence-corrected chi connectivity index (χ1v) is 9.32. The van der Waals surface area contributed by atoms with Gasteiger partial charge in [0.1, 0.15) is 5.56 Å². The highest BCUT2D eigenvalue weighted by Crippen LogP contribution is 2.29. The summed E-state index contributed by atoms with van der Waals surface area (Å²) in [5.41, 5.74) is -0.357. The first kappa shape index (κ1) is 22.6.